The van der Waals surface area contributed by atoms with Gasteiger partial charge in [0.05, 0.1) is 7.11 Å². The van der Waals surface area contributed by atoms with E-state index in [2.05, 4.69) is 34.9 Å². The molecule has 2 aromatic rings. The van der Waals surface area contributed by atoms with Crippen LogP contribution in [-0.4, -0.2) is 62.6 Å². The van der Waals surface area contributed by atoms with Crippen molar-refractivity contribution in [2.24, 2.45) is 0 Å². The minimum atomic E-state index is -0.492. The Hall–Kier alpha value is -2.24. The average molecular weight is 370 g/mol. The molecule has 0 saturated carbocycles. The summed E-state index contributed by atoms with van der Waals surface area (Å²) in [7, 11) is 1.69. The second-order valence-electron chi connectivity index (χ2n) is 7.22. The summed E-state index contributed by atoms with van der Waals surface area (Å²) in [5.41, 5.74) is 3.51. The monoisotopic (exact) mass is 370 g/mol. The number of anilines is 1. The molecular formula is C22H30N2O3. The Morgan fingerprint density at radius 3 is 2.52 bits per heavy atom. The van der Waals surface area contributed by atoms with Crippen LogP contribution in [0, 0.1) is 13.8 Å². The molecule has 0 aliphatic carbocycles. The Balaban J connectivity index is 1.44. The van der Waals surface area contributed by atoms with Gasteiger partial charge in [-0.15, -0.1) is 0 Å². The Bertz CT molecular complexity index is 742. The molecule has 1 aliphatic heterocycles. The molecule has 0 amide bonds. The summed E-state index contributed by atoms with van der Waals surface area (Å²) in [6.45, 7) is 8.80. The Morgan fingerprint density at radius 2 is 1.81 bits per heavy atom. The van der Waals surface area contributed by atoms with Crippen LogP contribution in [0.3, 0.4) is 0 Å². The lowest BCUT2D eigenvalue weighted by Gasteiger charge is -2.37. The van der Waals surface area contributed by atoms with E-state index in [1.54, 1.807) is 7.11 Å². The van der Waals surface area contributed by atoms with E-state index in [1.165, 1.54) is 11.3 Å². The first-order valence-electron chi connectivity index (χ1n) is 9.54. The summed E-state index contributed by atoms with van der Waals surface area (Å²) in [6.07, 6.45) is -0.492. The van der Waals surface area contributed by atoms with Crippen LogP contribution in [0.25, 0.3) is 0 Å². The first-order valence-corrected chi connectivity index (χ1v) is 9.54. The van der Waals surface area contributed by atoms with Gasteiger partial charge < -0.3 is 19.5 Å². The van der Waals surface area contributed by atoms with Crippen LogP contribution in [0.1, 0.15) is 11.1 Å². The Labute approximate surface area is 162 Å². The van der Waals surface area contributed by atoms with Gasteiger partial charge in [0.25, 0.3) is 0 Å². The lowest BCUT2D eigenvalue weighted by molar-refractivity contribution is 0.0661. The molecule has 1 fully saturated rings. The minimum Gasteiger partial charge on any atom is -0.497 e. The van der Waals surface area contributed by atoms with Gasteiger partial charge in [0.2, 0.25) is 0 Å². The summed E-state index contributed by atoms with van der Waals surface area (Å²) in [4.78, 5) is 4.66. The van der Waals surface area contributed by atoms with Crippen molar-refractivity contribution >= 4 is 5.69 Å². The van der Waals surface area contributed by atoms with E-state index in [4.69, 9.17) is 9.47 Å². The number of aryl methyl sites for hydroxylation is 2. The first-order chi connectivity index (χ1) is 13.0. The highest BCUT2D eigenvalue weighted by Crippen LogP contribution is 2.22. The molecule has 5 heteroatoms. The number of hydrogen-bond donors (Lipinski definition) is 1. The van der Waals surface area contributed by atoms with Crippen LogP contribution < -0.4 is 14.4 Å². The highest BCUT2D eigenvalue weighted by molar-refractivity contribution is 5.51. The fraction of sp³-hybridized carbons (Fsp3) is 0.455. The molecule has 146 valence electrons. The number of methoxy groups -OCH3 is 1. The number of benzene rings is 2. The van der Waals surface area contributed by atoms with Crippen molar-refractivity contribution in [3.63, 3.8) is 0 Å². The van der Waals surface area contributed by atoms with Gasteiger partial charge >= 0.3 is 0 Å². The van der Waals surface area contributed by atoms with Gasteiger partial charge in [-0.25, -0.2) is 0 Å². The lowest BCUT2D eigenvalue weighted by Crippen LogP contribution is -2.49. The van der Waals surface area contributed by atoms with E-state index in [0.29, 0.717) is 13.2 Å². The number of hydrogen-bond acceptors (Lipinski definition) is 5. The zero-order chi connectivity index (χ0) is 19.2. The predicted molar refractivity (Wildman–Crippen MR) is 109 cm³/mol. The van der Waals surface area contributed by atoms with Crippen molar-refractivity contribution in [3.8, 4) is 11.5 Å². The summed E-state index contributed by atoms with van der Waals surface area (Å²) in [6, 6.07) is 14.3. The number of aliphatic hydroxyl groups excluding tert-OH is 1. The van der Waals surface area contributed by atoms with Gasteiger partial charge in [0.15, 0.2) is 0 Å². The molecular weight excluding hydrogens is 340 g/mol. The Kier molecular flexibility index (Phi) is 6.58. The van der Waals surface area contributed by atoms with Gasteiger partial charge in [-0.05, 0) is 37.6 Å². The van der Waals surface area contributed by atoms with Gasteiger partial charge in [-0.2, -0.15) is 0 Å². The van der Waals surface area contributed by atoms with Crippen molar-refractivity contribution in [3.05, 3.63) is 53.6 Å². The lowest BCUT2D eigenvalue weighted by atomic mass is 10.1. The fourth-order valence-corrected chi connectivity index (χ4v) is 3.49. The zero-order valence-electron chi connectivity index (χ0n) is 16.5. The maximum atomic E-state index is 10.4. The number of piperazine rings is 1. The number of nitrogens with zero attached hydrogens (tertiary/aromatic N) is 2. The Morgan fingerprint density at radius 1 is 1.04 bits per heavy atom. The third-order valence-electron chi connectivity index (χ3n) is 5.02. The topological polar surface area (TPSA) is 45.2 Å². The van der Waals surface area contributed by atoms with Crippen LogP contribution in [0.2, 0.25) is 0 Å². The standard InChI is InChI=1S/C22H30N2O3/c1-17-7-8-22(18(2)13-17)27-16-20(25)15-23-9-11-24(12-10-23)19-5-4-6-21(14-19)26-3/h4-8,13-14,20,25H,9-12,15-16H2,1-3H3. The smallest absolute Gasteiger partial charge is 0.122 e. The van der Waals surface area contributed by atoms with E-state index in [0.717, 1.165) is 43.2 Å². The third-order valence-corrected chi connectivity index (χ3v) is 5.02. The molecule has 1 N–H and O–H groups in total. The molecule has 0 aromatic heterocycles. The summed E-state index contributed by atoms with van der Waals surface area (Å²) in [5, 5.41) is 10.4. The van der Waals surface area contributed by atoms with Gasteiger partial charge in [0, 0.05) is 44.5 Å². The van der Waals surface area contributed by atoms with Crippen molar-refractivity contribution in [1.29, 1.82) is 0 Å². The summed E-state index contributed by atoms with van der Waals surface area (Å²) < 4.78 is 11.1. The highest BCUT2D eigenvalue weighted by atomic mass is 16.5. The van der Waals surface area contributed by atoms with E-state index >= 15 is 0 Å². The number of ether oxygens (including phenoxy) is 2. The molecule has 1 atom stereocenters. The largest absolute Gasteiger partial charge is 0.497 e. The zero-order valence-corrected chi connectivity index (χ0v) is 16.5. The maximum Gasteiger partial charge on any atom is 0.122 e. The van der Waals surface area contributed by atoms with Gasteiger partial charge in [-0.3, -0.25) is 4.90 Å². The van der Waals surface area contributed by atoms with Crippen LogP contribution in [0.4, 0.5) is 5.69 Å². The molecule has 2 aromatic carbocycles. The summed E-state index contributed by atoms with van der Waals surface area (Å²) >= 11 is 0. The molecule has 0 radical (unpaired) electrons. The van der Waals surface area contributed by atoms with Gasteiger partial charge in [0.1, 0.15) is 24.2 Å². The minimum absolute atomic E-state index is 0.319. The molecule has 1 heterocycles. The fourth-order valence-electron chi connectivity index (χ4n) is 3.49. The van der Waals surface area contributed by atoms with Crippen molar-refractivity contribution in [2.45, 2.75) is 20.0 Å². The second kappa shape index (κ2) is 9.11. The molecule has 0 spiro atoms. The van der Waals surface area contributed by atoms with Crippen LogP contribution in [0.15, 0.2) is 42.5 Å². The molecule has 0 bridgehead atoms. The SMILES string of the molecule is COc1cccc(N2CCN(CC(O)COc3ccc(C)cc3C)CC2)c1. The van der Waals surface area contributed by atoms with E-state index in [9.17, 15) is 5.11 Å². The quantitative estimate of drug-likeness (QED) is 0.812. The summed E-state index contributed by atoms with van der Waals surface area (Å²) in [5.74, 6) is 1.73. The first kappa shape index (κ1) is 19.5. The molecule has 5 nitrogen and oxygen atoms in total. The second-order valence-corrected chi connectivity index (χ2v) is 7.22. The number of rotatable bonds is 7. The number of aliphatic hydroxyl groups is 1. The van der Waals surface area contributed by atoms with E-state index in [-0.39, 0.29) is 0 Å². The number of β-amino-alcohol motifs (C(OH)–C–C–N with tert-alkyl or cyclic N) is 1. The van der Waals surface area contributed by atoms with E-state index < -0.39 is 6.10 Å². The van der Waals surface area contributed by atoms with Crippen LogP contribution in [0.5, 0.6) is 11.5 Å². The molecule has 1 unspecified atom stereocenters. The third kappa shape index (κ3) is 5.37. The van der Waals surface area contributed by atoms with Crippen molar-refractivity contribution in [1.82, 2.24) is 4.90 Å². The maximum absolute atomic E-state index is 10.4. The van der Waals surface area contributed by atoms with Crippen molar-refractivity contribution in [2.75, 3.05) is 51.3 Å². The van der Waals surface area contributed by atoms with Crippen molar-refractivity contribution < 1.29 is 14.6 Å². The molecule has 3 rings (SSSR count). The van der Waals surface area contributed by atoms with Crippen LogP contribution in [-0.2, 0) is 0 Å². The predicted octanol–water partition coefficient (Wildman–Crippen LogP) is 2.87. The van der Waals surface area contributed by atoms with Gasteiger partial charge in [-0.1, -0.05) is 23.8 Å². The highest BCUT2D eigenvalue weighted by Gasteiger charge is 2.20. The molecule has 27 heavy (non-hydrogen) atoms. The molecule has 1 saturated heterocycles. The molecule has 1 aliphatic rings. The average Bonchev–Trinajstić information content (AvgIpc) is 2.68. The van der Waals surface area contributed by atoms with Crippen LogP contribution >= 0.6 is 0 Å². The normalized spacial score (nSPS) is 16.2. The van der Waals surface area contributed by atoms with E-state index in [1.807, 2.05) is 31.2 Å².